The van der Waals surface area contributed by atoms with Gasteiger partial charge in [-0.25, -0.2) is 9.82 Å². The van der Waals surface area contributed by atoms with Crippen LogP contribution in [0, 0.1) is 5.82 Å². The predicted octanol–water partition coefficient (Wildman–Crippen LogP) is 2.85. The van der Waals surface area contributed by atoms with E-state index in [1.807, 2.05) is 0 Å². The van der Waals surface area contributed by atoms with Gasteiger partial charge in [0, 0.05) is 26.6 Å². The predicted molar refractivity (Wildman–Crippen MR) is 76.9 cm³/mol. The van der Waals surface area contributed by atoms with E-state index in [0.29, 0.717) is 5.01 Å². The Hall–Kier alpha value is -1.06. The summed E-state index contributed by atoms with van der Waals surface area (Å²) in [6.07, 6.45) is 0. The largest absolute Gasteiger partial charge is 0.425 e. The van der Waals surface area contributed by atoms with Crippen LogP contribution in [0.1, 0.15) is 12.5 Å². The van der Waals surface area contributed by atoms with Gasteiger partial charge in [0.1, 0.15) is 11.6 Å². The monoisotopic (exact) mass is 372 g/mol. The van der Waals surface area contributed by atoms with Gasteiger partial charge in [0.25, 0.3) is 0 Å². The Morgan fingerprint density at radius 3 is 2.48 bits per heavy atom. The van der Waals surface area contributed by atoms with Gasteiger partial charge in [-0.05, 0) is 12.1 Å². The number of benzene rings is 1. The quantitative estimate of drug-likeness (QED) is 0.382. The summed E-state index contributed by atoms with van der Waals surface area (Å²) in [5, 5.41) is -1.74. The molecule has 1 aromatic rings. The summed E-state index contributed by atoms with van der Waals surface area (Å²) in [7, 11) is 2.13. The first-order valence-electron chi connectivity index (χ1n) is 6.33. The number of halogens is 5. The third kappa shape index (κ3) is 2.89. The molecular formula is C13H13Cl2F3N2O3. The van der Waals surface area contributed by atoms with Crippen molar-refractivity contribution in [3.8, 4) is 5.75 Å². The van der Waals surface area contributed by atoms with E-state index < -0.39 is 28.9 Å². The van der Waals surface area contributed by atoms with E-state index in [0.717, 1.165) is 33.2 Å². The summed E-state index contributed by atoms with van der Waals surface area (Å²) in [4.78, 5) is 11.1. The van der Waals surface area contributed by atoms with Crippen LogP contribution in [0.15, 0.2) is 12.1 Å². The number of carbonyl (C=O) groups excluding carboxylic acids is 1. The fraction of sp³-hybridized carbons (Fsp3) is 0.462. The second-order valence-corrected chi connectivity index (χ2v) is 5.76. The van der Waals surface area contributed by atoms with Gasteiger partial charge in [0.15, 0.2) is 11.1 Å². The maximum Gasteiger partial charge on any atom is 0.337 e. The lowest BCUT2D eigenvalue weighted by atomic mass is 9.98. The number of hydrogen-bond donors (Lipinski definition) is 1. The Morgan fingerprint density at radius 1 is 1.43 bits per heavy atom. The Bertz CT molecular complexity index is 647. The molecular weight excluding hydrogens is 360 g/mol. The molecule has 128 valence electrons. The van der Waals surface area contributed by atoms with Crippen LogP contribution in [-0.2, 0) is 15.3 Å². The number of ether oxygens (including phenoxy) is 2. The van der Waals surface area contributed by atoms with Crippen LogP contribution >= 0.6 is 23.2 Å². The summed E-state index contributed by atoms with van der Waals surface area (Å²) in [5.41, 5.74) is -0.131. The summed E-state index contributed by atoms with van der Waals surface area (Å²) in [6.45, 7) is 1.12. The highest BCUT2D eigenvalue weighted by molar-refractivity contribution is 6.32. The van der Waals surface area contributed by atoms with Crippen LogP contribution in [0.4, 0.5) is 13.2 Å². The molecule has 2 atom stereocenters. The second kappa shape index (κ2) is 6.10. The molecule has 10 heteroatoms. The summed E-state index contributed by atoms with van der Waals surface area (Å²) >= 11 is 11.6. The number of carbonyl (C=O) groups is 1. The highest BCUT2D eigenvalue weighted by Gasteiger charge is 2.64. The van der Waals surface area contributed by atoms with E-state index in [-0.39, 0.29) is 16.3 Å². The minimum atomic E-state index is -3.52. The van der Waals surface area contributed by atoms with Crippen molar-refractivity contribution in [3.63, 3.8) is 0 Å². The molecule has 0 amide bonds. The lowest BCUT2D eigenvalue weighted by molar-refractivity contribution is -0.131. The van der Waals surface area contributed by atoms with Crippen LogP contribution in [0.3, 0.4) is 0 Å². The number of nitrogens with zero attached hydrogens (tertiary/aromatic N) is 1. The zero-order valence-corrected chi connectivity index (χ0v) is 13.8. The third-order valence-corrected chi connectivity index (χ3v) is 4.31. The van der Waals surface area contributed by atoms with Gasteiger partial charge in [-0.3, -0.25) is 4.79 Å². The van der Waals surface area contributed by atoms with Crippen LogP contribution in [0.25, 0.3) is 0 Å². The van der Waals surface area contributed by atoms with E-state index in [1.54, 1.807) is 0 Å². The third-order valence-electron chi connectivity index (χ3n) is 3.44. The highest BCUT2D eigenvalue weighted by atomic mass is 35.5. The Labute approximate surface area is 140 Å². The molecule has 0 radical (unpaired) electrons. The van der Waals surface area contributed by atoms with Crippen molar-refractivity contribution in [2.75, 3.05) is 14.2 Å². The number of hydrazine groups is 1. The maximum absolute atomic E-state index is 14.3. The minimum Gasteiger partial charge on any atom is -0.425 e. The number of esters is 1. The van der Waals surface area contributed by atoms with Crippen molar-refractivity contribution in [3.05, 3.63) is 28.5 Å². The first-order chi connectivity index (χ1) is 10.6. The molecule has 0 aliphatic carbocycles. The maximum atomic E-state index is 14.3. The number of rotatable bonds is 3. The van der Waals surface area contributed by atoms with Gasteiger partial charge < -0.3 is 9.47 Å². The zero-order chi connectivity index (χ0) is 17.6. The molecule has 1 N–H and O–H groups in total. The Kier molecular flexibility index (Phi) is 4.85. The van der Waals surface area contributed by atoms with Crippen LogP contribution < -0.4 is 10.2 Å². The molecule has 1 fully saturated rings. The zero-order valence-electron chi connectivity index (χ0n) is 12.3. The summed E-state index contributed by atoms with van der Waals surface area (Å²) in [5.74, 6) is -1.85. The number of alkyl halides is 3. The molecule has 5 nitrogen and oxygen atoms in total. The van der Waals surface area contributed by atoms with E-state index in [2.05, 4.69) is 5.43 Å². The van der Waals surface area contributed by atoms with Crippen molar-refractivity contribution < 1.29 is 27.4 Å². The first kappa shape index (κ1) is 18.3. The molecule has 2 unspecified atom stereocenters. The summed E-state index contributed by atoms with van der Waals surface area (Å²) in [6, 6.07) is -1.69. The molecule has 0 aromatic heterocycles. The van der Waals surface area contributed by atoms with E-state index >= 15 is 0 Å². The molecule has 2 rings (SSSR count). The molecule has 1 heterocycles. The minimum absolute atomic E-state index is 0.197. The van der Waals surface area contributed by atoms with E-state index in [4.69, 9.17) is 32.7 Å². The molecule has 1 saturated heterocycles. The summed E-state index contributed by atoms with van der Waals surface area (Å²) < 4.78 is 52.3. The average molecular weight is 373 g/mol. The van der Waals surface area contributed by atoms with Crippen molar-refractivity contribution in [1.29, 1.82) is 0 Å². The number of methoxy groups -OCH3 is 1. The highest BCUT2D eigenvalue weighted by Crippen LogP contribution is 2.47. The van der Waals surface area contributed by atoms with Crippen LogP contribution in [0.2, 0.25) is 5.02 Å². The smallest absolute Gasteiger partial charge is 0.337 e. The molecule has 1 aliphatic heterocycles. The number of nitrogens with one attached hydrogen (secondary N) is 1. The molecule has 0 saturated carbocycles. The lowest BCUT2D eigenvalue weighted by Gasteiger charge is -2.31. The second-order valence-electron chi connectivity index (χ2n) is 4.92. The topological polar surface area (TPSA) is 50.8 Å². The van der Waals surface area contributed by atoms with E-state index in [9.17, 15) is 18.0 Å². The van der Waals surface area contributed by atoms with Gasteiger partial charge >= 0.3 is 12.0 Å². The van der Waals surface area contributed by atoms with Gasteiger partial charge in [0.05, 0.1) is 5.02 Å². The van der Waals surface area contributed by atoms with Crippen LogP contribution in [-0.4, -0.2) is 36.6 Å². The van der Waals surface area contributed by atoms with Gasteiger partial charge in [0.2, 0.25) is 0 Å². The van der Waals surface area contributed by atoms with Gasteiger partial charge in [-0.1, -0.05) is 11.6 Å². The molecule has 1 aliphatic rings. The van der Waals surface area contributed by atoms with Gasteiger partial charge in [-0.2, -0.15) is 13.8 Å². The SMILES string of the molecule is COC1(c2cc(OC(C)=O)c(Cl)cc2F)NN(C)C(F)(F)C1Cl. The van der Waals surface area contributed by atoms with Crippen molar-refractivity contribution in [2.45, 2.75) is 24.1 Å². The Balaban J connectivity index is 2.61. The fourth-order valence-corrected chi connectivity index (χ4v) is 2.89. The van der Waals surface area contributed by atoms with Gasteiger partial charge in [-0.15, -0.1) is 11.6 Å². The standard InChI is InChI=1S/C13H13Cl2F3N2O3/c1-6(21)23-10-4-7(9(16)5-8(10)14)12(22-3)11(15)13(17,18)20(2)19-12/h4-5,11,19H,1-3H3. The lowest BCUT2D eigenvalue weighted by Crippen LogP contribution is -2.47. The fourth-order valence-electron chi connectivity index (χ4n) is 2.30. The molecule has 0 spiro atoms. The normalized spacial score (nSPS) is 27.2. The van der Waals surface area contributed by atoms with Crippen LogP contribution in [0.5, 0.6) is 5.75 Å². The number of hydrogen-bond acceptors (Lipinski definition) is 5. The Morgan fingerprint density at radius 2 is 2.04 bits per heavy atom. The molecule has 23 heavy (non-hydrogen) atoms. The van der Waals surface area contributed by atoms with Crippen molar-refractivity contribution >= 4 is 29.2 Å². The molecule has 1 aromatic carbocycles. The molecule has 0 bridgehead atoms. The average Bonchev–Trinajstić information content (AvgIpc) is 2.62. The first-order valence-corrected chi connectivity index (χ1v) is 7.14. The van der Waals surface area contributed by atoms with Crippen molar-refractivity contribution in [2.24, 2.45) is 0 Å². The van der Waals surface area contributed by atoms with E-state index in [1.165, 1.54) is 0 Å². The van der Waals surface area contributed by atoms with Crippen molar-refractivity contribution in [1.82, 2.24) is 10.4 Å².